The molecular weight excluding hydrogens is 420 g/mol. The number of carboxylic acid groups (broad SMARTS) is 1. The van der Waals surface area contributed by atoms with Crippen LogP contribution in [0.1, 0.15) is 39.5 Å². The van der Waals surface area contributed by atoms with Crippen LogP contribution in [0.4, 0.5) is 0 Å². The maximum Gasteiger partial charge on any atom is 0.364 e. The first-order valence-corrected chi connectivity index (χ1v) is 10.8. The third-order valence-electron chi connectivity index (χ3n) is 5.64. The Kier molecular flexibility index (Phi) is 8.92. The highest BCUT2D eigenvalue weighted by Gasteiger charge is 2.40. The number of alkyl halides is 1. The summed E-state index contributed by atoms with van der Waals surface area (Å²) in [6, 6.07) is 8.46. The smallest absolute Gasteiger partial charge is 0.364 e. The summed E-state index contributed by atoms with van der Waals surface area (Å²) in [6.07, 6.45) is 6.35. The van der Waals surface area contributed by atoms with Gasteiger partial charge in [0.05, 0.1) is 17.8 Å². The summed E-state index contributed by atoms with van der Waals surface area (Å²) in [5.41, 5.74) is 1.94. The summed E-state index contributed by atoms with van der Waals surface area (Å²) in [5, 5.41) is 38.3. The second-order valence-electron chi connectivity index (χ2n) is 8.14. The molecule has 2 rings (SSSR count). The second kappa shape index (κ2) is 11.0. The van der Waals surface area contributed by atoms with E-state index >= 15 is 0 Å². The van der Waals surface area contributed by atoms with E-state index in [1.165, 1.54) is 6.08 Å². The summed E-state index contributed by atoms with van der Waals surface area (Å²) < 4.78 is 5.44. The van der Waals surface area contributed by atoms with Gasteiger partial charge >= 0.3 is 5.97 Å². The number of halogens is 1. The minimum absolute atomic E-state index is 0.117. The van der Waals surface area contributed by atoms with Crippen molar-refractivity contribution in [1.29, 1.82) is 0 Å². The fourth-order valence-electron chi connectivity index (χ4n) is 3.47. The highest BCUT2D eigenvalue weighted by molar-refractivity contribution is 6.32. The molecule has 2 unspecified atom stereocenters. The van der Waals surface area contributed by atoms with Crippen molar-refractivity contribution in [2.75, 3.05) is 0 Å². The molecule has 1 saturated carbocycles. The Labute approximate surface area is 188 Å². The van der Waals surface area contributed by atoms with Gasteiger partial charge in [0.1, 0.15) is 5.75 Å². The monoisotopic (exact) mass is 450 g/mol. The predicted molar refractivity (Wildman–Crippen MR) is 119 cm³/mol. The Morgan fingerprint density at radius 3 is 2.55 bits per heavy atom. The lowest BCUT2D eigenvalue weighted by atomic mass is 9.88. The number of hydrogen-bond acceptors (Lipinski definition) is 5. The molecule has 31 heavy (non-hydrogen) atoms. The van der Waals surface area contributed by atoms with Crippen LogP contribution < -0.4 is 4.74 Å². The van der Waals surface area contributed by atoms with Crippen LogP contribution in [0.3, 0.4) is 0 Å². The molecule has 0 amide bonds. The van der Waals surface area contributed by atoms with Crippen molar-refractivity contribution >= 4 is 17.6 Å². The number of para-hydroxylation sites is 1. The zero-order valence-electron chi connectivity index (χ0n) is 17.8. The first-order valence-electron chi connectivity index (χ1n) is 10.4. The average molecular weight is 451 g/mol. The minimum atomic E-state index is -1.96. The molecule has 0 saturated heterocycles. The van der Waals surface area contributed by atoms with Gasteiger partial charge in [0.25, 0.3) is 5.06 Å². The summed E-state index contributed by atoms with van der Waals surface area (Å²) in [6.45, 7) is 3.56. The molecule has 6 atom stereocenters. The molecule has 0 heterocycles. The molecule has 6 nitrogen and oxygen atoms in total. The van der Waals surface area contributed by atoms with Gasteiger partial charge in [-0.05, 0) is 50.0 Å². The van der Waals surface area contributed by atoms with E-state index in [1.807, 2.05) is 6.92 Å². The molecule has 1 aliphatic carbocycles. The van der Waals surface area contributed by atoms with E-state index in [9.17, 15) is 25.2 Å². The Morgan fingerprint density at radius 2 is 1.94 bits per heavy atom. The zero-order chi connectivity index (χ0) is 23.1. The number of aliphatic hydroxyl groups excluding tert-OH is 2. The molecule has 1 fully saturated rings. The van der Waals surface area contributed by atoms with E-state index in [2.05, 4.69) is 5.73 Å². The van der Waals surface area contributed by atoms with Gasteiger partial charge < -0.3 is 25.2 Å². The van der Waals surface area contributed by atoms with E-state index in [-0.39, 0.29) is 24.7 Å². The highest BCUT2D eigenvalue weighted by Crippen LogP contribution is 2.36. The SMILES string of the molecule is CCC(C)([16OH])C=C[C@@H]1[C@@H](CC=C=CCC(Cl)(Oc2ccccc2)C(=O)O)[C@@H]([16OH])C[C@H]1[16OH]. The van der Waals surface area contributed by atoms with Crippen LogP contribution in [0.15, 0.2) is 60.4 Å². The number of aliphatic hydroxyl groups is 3. The van der Waals surface area contributed by atoms with Crippen molar-refractivity contribution < 1.29 is 30.0 Å². The molecule has 0 spiro atoms. The van der Waals surface area contributed by atoms with Gasteiger partial charge in [-0.1, -0.05) is 48.9 Å². The summed E-state index contributed by atoms with van der Waals surface area (Å²) in [7, 11) is 0. The molecule has 0 bridgehead atoms. The molecule has 4 N–H and O–H groups in total. The van der Waals surface area contributed by atoms with Gasteiger partial charge in [0.15, 0.2) is 0 Å². The third kappa shape index (κ3) is 7.23. The van der Waals surface area contributed by atoms with Gasteiger partial charge in [-0.2, -0.15) is 0 Å². The van der Waals surface area contributed by atoms with Gasteiger partial charge in [-0.25, -0.2) is 4.79 Å². The van der Waals surface area contributed by atoms with Crippen molar-refractivity contribution in [3.05, 3.63) is 60.4 Å². The van der Waals surface area contributed by atoms with E-state index in [4.69, 9.17) is 16.3 Å². The first kappa shape index (κ1) is 25.2. The minimum Gasteiger partial charge on any atom is -0.477 e. The van der Waals surface area contributed by atoms with Crippen molar-refractivity contribution in [3.8, 4) is 5.75 Å². The highest BCUT2D eigenvalue weighted by atomic mass is 35.5. The zero-order valence-corrected chi connectivity index (χ0v) is 18.6. The first-order chi connectivity index (χ1) is 14.6. The number of rotatable bonds is 10. The molecule has 1 aromatic carbocycles. The van der Waals surface area contributed by atoms with Crippen molar-refractivity contribution in [1.82, 2.24) is 0 Å². The number of carboxylic acids is 1. The molecule has 170 valence electrons. The van der Waals surface area contributed by atoms with E-state index in [1.54, 1.807) is 55.5 Å². The number of benzene rings is 1. The molecular formula is C24H31ClO6. The number of hydrogen-bond donors (Lipinski definition) is 4. The maximum absolute atomic E-state index is 11.6. The Morgan fingerprint density at radius 1 is 1.26 bits per heavy atom. The van der Waals surface area contributed by atoms with Gasteiger partial charge in [-0.15, -0.1) is 5.73 Å². The second-order valence-corrected chi connectivity index (χ2v) is 8.76. The normalized spacial score (nSPS) is 27.2. The van der Waals surface area contributed by atoms with Crippen LogP contribution >= 0.6 is 11.6 Å². The Hall–Kier alpha value is -2.08. The van der Waals surface area contributed by atoms with Crippen LogP contribution in [0, 0.1) is 11.8 Å². The lowest BCUT2D eigenvalue weighted by molar-refractivity contribution is -0.148. The molecule has 1 aliphatic rings. The van der Waals surface area contributed by atoms with Crippen LogP contribution in [-0.4, -0.2) is 49.3 Å². The molecule has 7 heteroatoms. The quantitative estimate of drug-likeness (QED) is 0.246. The summed E-state index contributed by atoms with van der Waals surface area (Å²) >= 11 is 6.17. The number of aliphatic carboxylic acids is 1. The summed E-state index contributed by atoms with van der Waals surface area (Å²) in [4.78, 5) is 11.6. The van der Waals surface area contributed by atoms with Crippen molar-refractivity contribution in [2.24, 2.45) is 11.8 Å². The van der Waals surface area contributed by atoms with Crippen LogP contribution in [-0.2, 0) is 4.79 Å². The molecule has 1 aromatic rings. The topological polar surface area (TPSA) is 107 Å². The lowest BCUT2D eigenvalue weighted by Crippen LogP contribution is -2.38. The standard InChI is InChI=1S/C24H31ClO6/c1-3-23(2,30)15-13-19-18(20(26)16-21(19)27)12-8-5-9-14-24(25,22(28)29)31-17-10-6-4-7-11-17/h4,6-11,13,15,18-21,26-27,30H,3,12,14,16H2,1-2H3,(H,28,29)/t5?,18-,19-,20+,21-,23?,24?/m1/s1/i26+0,27+0,30+0. The van der Waals surface area contributed by atoms with E-state index < -0.39 is 28.8 Å². The number of ether oxygens (including phenoxy) is 1. The Balaban J connectivity index is 2.03. The van der Waals surface area contributed by atoms with Crippen LogP contribution in [0.25, 0.3) is 0 Å². The lowest BCUT2D eigenvalue weighted by Gasteiger charge is -2.22. The molecule has 0 aliphatic heterocycles. The predicted octanol–water partition coefficient (Wildman–Crippen LogP) is 3.65. The van der Waals surface area contributed by atoms with Crippen LogP contribution in [0.2, 0.25) is 0 Å². The van der Waals surface area contributed by atoms with Gasteiger partial charge in [-0.3, -0.25) is 0 Å². The largest absolute Gasteiger partial charge is 0.477 e. The van der Waals surface area contributed by atoms with E-state index in [0.29, 0.717) is 18.6 Å². The van der Waals surface area contributed by atoms with Crippen molar-refractivity contribution in [3.63, 3.8) is 0 Å². The van der Waals surface area contributed by atoms with E-state index in [0.717, 1.165) is 0 Å². The van der Waals surface area contributed by atoms with Gasteiger partial charge in [0.2, 0.25) is 0 Å². The maximum atomic E-state index is 11.6. The fourth-order valence-corrected chi connectivity index (χ4v) is 3.63. The molecule has 0 aromatic heterocycles. The Bertz CT molecular complexity index is 815. The fraction of sp³-hybridized carbons (Fsp3) is 0.500. The van der Waals surface area contributed by atoms with Crippen LogP contribution in [0.5, 0.6) is 5.75 Å². The summed E-state index contributed by atoms with van der Waals surface area (Å²) in [5.74, 6) is -1.49. The van der Waals surface area contributed by atoms with Gasteiger partial charge in [0, 0.05) is 18.8 Å². The van der Waals surface area contributed by atoms with Crippen molar-refractivity contribution in [2.45, 2.75) is 62.4 Å². The number of carbonyl (C=O) groups is 1. The average Bonchev–Trinajstić information content (AvgIpc) is 2.99. The third-order valence-corrected chi connectivity index (χ3v) is 6.03. The molecule has 0 radical (unpaired) electrons.